The molecule has 1 amide bonds. The zero-order valence-electron chi connectivity index (χ0n) is 8.80. The van der Waals surface area contributed by atoms with Crippen LogP contribution in [-0.2, 0) is 10.7 Å². The minimum atomic E-state index is -0.279. The van der Waals surface area contributed by atoms with Crippen LogP contribution in [0.15, 0.2) is 18.2 Å². The minimum absolute atomic E-state index is 0.0399. The van der Waals surface area contributed by atoms with E-state index in [1.54, 1.807) is 6.07 Å². The highest BCUT2D eigenvalue weighted by atomic mass is 35.5. The molecular weight excluding hydrogens is 229 g/mol. The van der Waals surface area contributed by atoms with E-state index in [0.29, 0.717) is 18.5 Å². The Morgan fingerprint density at radius 3 is 2.94 bits per heavy atom. The van der Waals surface area contributed by atoms with Crippen LogP contribution in [0.25, 0.3) is 0 Å². The lowest BCUT2D eigenvalue weighted by Crippen LogP contribution is -2.32. The second kappa shape index (κ2) is 4.83. The summed E-state index contributed by atoms with van der Waals surface area (Å²) in [5.41, 5.74) is 1.40. The van der Waals surface area contributed by atoms with Gasteiger partial charge in [-0.05, 0) is 24.0 Å². The maximum Gasteiger partial charge on any atom is 0.220 e. The summed E-state index contributed by atoms with van der Waals surface area (Å²) in [6, 6.07) is 5.06. The fourth-order valence-electron chi connectivity index (χ4n) is 1.99. The third-order valence-corrected chi connectivity index (χ3v) is 3.23. The summed E-state index contributed by atoms with van der Waals surface area (Å²) in [6.45, 7) is 0.669. The first-order valence-corrected chi connectivity index (χ1v) is 5.85. The molecule has 0 radical (unpaired) electrons. The van der Waals surface area contributed by atoms with Crippen LogP contribution in [0.3, 0.4) is 0 Å². The van der Waals surface area contributed by atoms with Gasteiger partial charge in [0.25, 0.3) is 0 Å². The van der Waals surface area contributed by atoms with Crippen LogP contribution in [0, 0.1) is 5.82 Å². The SMILES string of the molecule is O=C1CC(c2ccc(CCl)c(F)c2)CCN1. The van der Waals surface area contributed by atoms with Crippen molar-refractivity contribution in [2.24, 2.45) is 0 Å². The zero-order valence-corrected chi connectivity index (χ0v) is 9.56. The second-order valence-corrected chi connectivity index (χ2v) is 4.29. The molecule has 1 aromatic rings. The average Bonchev–Trinajstić information content (AvgIpc) is 2.29. The molecule has 86 valence electrons. The molecule has 1 aliphatic rings. The highest BCUT2D eigenvalue weighted by Crippen LogP contribution is 2.27. The molecule has 4 heteroatoms. The lowest BCUT2D eigenvalue weighted by molar-refractivity contribution is -0.122. The number of carbonyl (C=O) groups excluding carboxylic acids is 1. The van der Waals surface area contributed by atoms with Gasteiger partial charge in [0, 0.05) is 18.5 Å². The summed E-state index contributed by atoms with van der Waals surface area (Å²) in [5, 5.41) is 2.77. The largest absolute Gasteiger partial charge is 0.356 e. The van der Waals surface area contributed by atoms with E-state index in [9.17, 15) is 9.18 Å². The predicted octanol–water partition coefficient (Wildman–Crippen LogP) is 2.56. The fraction of sp³-hybridized carbons (Fsp3) is 0.417. The summed E-state index contributed by atoms with van der Waals surface area (Å²) in [7, 11) is 0. The van der Waals surface area contributed by atoms with Gasteiger partial charge in [0.1, 0.15) is 5.82 Å². The highest BCUT2D eigenvalue weighted by molar-refractivity contribution is 6.17. The molecule has 1 atom stereocenters. The van der Waals surface area contributed by atoms with E-state index in [0.717, 1.165) is 12.0 Å². The Kier molecular flexibility index (Phi) is 3.44. The standard InChI is InChI=1S/C12H13ClFNO/c13-7-10-2-1-8(5-11(10)14)9-3-4-15-12(16)6-9/h1-2,5,9H,3-4,6-7H2,(H,15,16). The number of benzene rings is 1. The Morgan fingerprint density at radius 2 is 2.31 bits per heavy atom. The van der Waals surface area contributed by atoms with Gasteiger partial charge in [-0.1, -0.05) is 12.1 Å². The van der Waals surface area contributed by atoms with Gasteiger partial charge in [-0.3, -0.25) is 4.79 Å². The van der Waals surface area contributed by atoms with Crippen molar-refractivity contribution in [3.8, 4) is 0 Å². The van der Waals surface area contributed by atoms with Crippen LogP contribution < -0.4 is 5.32 Å². The molecule has 0 aromatic heterocycles. The van der Waals surface area contributed by atoms with E-state index < -0.39 is 0 Å². The molecule has 0 saturated carbocycles. The van der Waals surface area contributed by atoms with Crippen molar-refractivity contribution < 1.29 is 9.18 Å². The van der Waals surface area contributed by atoms with Gasteiger partial charge in [0.15, 0.2) is 0 Å². The maximum absolute atomic E-state index is 13.5. The molecule has 2 rings (SSSR count). The van der Waals surface area contributed by atoms with Crippen molar-refractivity contribution in [2.75, 3.05) is 6.54 Å². The van der Waals surface area contributed by atoms with Crippen molar-refractivity contribution in [3.05, 3.63) is 35.1 Å². The summed E-state index contributed by atoms with van der Waals surface area (Å²) in [6.07, 6.45) is 1.31. The van der Waals surface area contributed by atoms with Gasteiger partial charge in [0.05, 0.1) is 5.88 Å². The number of piperidine rings is 1. The lowest BCUT2D eigenvalue weighted by Gasteiger charge is -2.22. The van der Waals surface area contributed by atoms with Gasteiger partial charge in [0.2, 0.25) is 5.91 Å². The predicted molar refractivity (Wildman–Crippen MR) is 60.9 cm³/mol. The normalized spacial score (nSPS) is 20.6. The third-order valence-electron chi connectivity index (χ3n) is 2.94. The van der Waals surface area contributed by atoms with E-state index in [1.807, 2.05) is 6.07 Å². The number of alkyl halides is 1. The van der Waals surface area contributed by atoms with Crippen LogP contribution >= 0.6 is 11.6 Å². The zero-order chi connectivity index (χ0) is 11.5. The molecular formula is C12H13ClFNO. The van der Waals surface area contributed by atoms with Crippen molar-refractivity contribution in [1.29, 1.82) is 0 Å². The van der Waals surface area contributed by atoms with Gasteiger partial charge < -0.3 is 5.32 Å². The molecule has 1 fully saturated rings. The summed E-state index contributed by atoms with van der Waals surface area (Å²) in [4.78, 5) is 11.2. The Bertz CT molecular complexity index is 408. The first kappa shape index (κ1) is 11.4. The highest BCUT2D eigenvalue weighted by Gasteiger charge is 2.21. The number of halogens is 2. The van der Waals surface area contributed by atoms with Crippen LogP contribution in [0.1, 0.15) is 29.9 Å². The van der Waals surface area contributed by atoms with E-state index in [2.05, 4.69) is 5.32 Å². The van der Waals surface area contributed by atoms with Crippen LogP contribution in [0.2, 0.25) is 0 Å². The lowest BCUT2D eigenvalue weighted by atomic mass is 9.89. The molecule has 1 N–H and O–H groups in total. The van der Waals surface area contributed by atoms with Crippen molar-refractivity contribution >= 4 is 17.5 Å². The van der Waals surface area contributed by atoms with E-state index in [4.69, 9.17) is 11.6 Å². The minimum Gasteiger partial charge on any atom is -0.356 e. The molecule has 0 spiro atoms. The monoisotopic (exact) mass is 241 g/mol. The number of carbonyl (C=O) groups is 1. The Labute approximate surface area is 98.8 Å². The van der Waals surface area contributed by atoms with Gasteiger partial charge in [-0.2, -0.15) is 0 Å². The van der Waals surface area contributed by atoms with Gasteiger partial charge in [-0.15, -0.1) is 11.6 Å². The third kappa shape index (κ3) is 2.35. The smallest absolute Gasteiger partial charge is 0.220 e. The molecule has 0 aliphatic carbocycles. The first-order chi connectivity index (χ1) is 7.70. The molecule has 1 heterocycles. The summed E-state index contributed by atoms with van der Waals surface area (Å²) < 4.78 is 13.5. The van der Waals surface area contributed by atoms with Gasteiger partial charge in [-0.25, -0.2) is 4.39 Å². The van der Waals surface area contributed by atoms with Crippen molar-refractivity contribution in [1.82, 2.24) is 5.32 Å². The van der Waals surface area contributed by atoms with Crippen molar-refractivity contribution in [3.63, 3.8) is 0 Å². The number of rotatable bonds is 2. The fourth-order valence-corrected chi connectivity index (χ4v) is 2.21. The molecule has 2 nitrogen and oxygen atoms in total. The average molecular weight is 242 g/mol. The van der Waals surface area contributed by atoms with Crippen LogP contribution in [-0.4, -0.2) is 12.5 Å². The Balaban J connectivity index is 2.20. The summed E-state index contributed by atoms with van der Waals surface area (Å²) in [5.74, 6) is 0.0706. The number of nitrogens with one attached hydrogen (secondary N) is 1. The first-order valence-electron chi connectivity index (χ1n) is 5.31. The number of amides is 1. The van der Waals surface area contributed by atoms with Crippen LogP contribution in [0.4, 0.5) is 4.39 Å². The summed E-state index contributed by atoms with van der Waals surface area (Å²) >= 11 is 5.59. The van der Waals surface area contributed by atoms with Crippen LogP contribution in [0.5, 0.6) is 0 Å². The molecule has 16 heavy (non-hydrogen) atoms. The maximum atomic E-state index is 13.5. The molecule has 1 unspecified atom stereocenters. The molecule has 1 aromatic carbocycles. The second-order valence-electron chi connectivity index (χ2n) is 4.02. The van der Waals surface area contributed by atoms with Gasteiger partial charge >= 0.3 is 0 Å². The Morgan fingerprint density at radius 1 is 1.50 bits per heavy atom. The van der Waals surface area contributed by atoms with Crippen molar-refractivity contribution in [2.45, 2.75) is 24.6 Å². The van der Waals surface area contributed by atoms with E-state index in [1.165, 1.54) is 6.07 Å². The molecule has 0 bridgehead atoms. The number of hydrogen-bond donors (Lipinski definition) is 1. The topological polar surface area (TPSA) is 29.1 Å². The van der Waals surface area contributed by atoms with E-state index >= 15 is 0 Å². The Hall–Kier alpha value is -1.09. The molecule has 1 saturated heterocycles. The molecule has 1 aliphatic heterocycles. The number of hydrogen-bond acceptors (Lipinski definition) is 1. The van der Waals surface area contributed by atoms with E-state index in [-0.39, 0.29) is 23.5 Å². The quantitative estimate of drug-likeness (QED) is 0.793.